The van der Waals surface area contributed by atoms with Gasteiger partial charge in [-0.2, -0.15) is 0 Å². The van der Waals surface area contributed by atoms with Crippen molar-refractivity contribution in [3.05, 3.63) is 57.0 Å². The maximum absolute atomic E-state index is 13.6. The Kier molecular flexibility index (Phi) is 4.46. The minimum Gasteiger partial charge on any atom is -0.275 e. The summed E-state index contributed by atoms with van der Waals surface area (Å²) in [7, 11) is -3.99. The number of hydrogen-bond acceptors (Lipinski definition) is 2. The van der Waals surface area contributed by atoms with Gasteiger partial charge in [-0.1, -0.05) is 12.1 Å². The Bertz CT molecular complexity index is 743. The molecule has 0 radical (unpaired) electrons. The minimum absolute atomic E-state index is 0.0226. The number of benzene rings is 2. The van der Waals surface area contributed by atoms with Crippen molar-refractivity contribution >= 4 is 47.6 Å². The van der Waals surface area contributed by atoms with Crippen LogP contribution >= 0.6 is 31.9 Å². The zero-order valence-corrected chi connectivity index (χ0v) is 13.7. The molecule has 0 bridgehead atoms. The molecule has 8 heteroatoms. The van der Waals surface area contributed by atoms with Gasteiger partial charge in [-0.15, -0.1) is 0 Å². The van der Waals surface area contributed by atoms with Crippen molar-refractivity contribution in [3.8, 4) is 0 Å². The van der Waals surface area contributed by atoms with Crippen molar-refractivity contribution in [2.24, 2.45) is 0 Å². The molecule has 0 amide bonds. The van der Waals surface area contributed by atoms with Crippen molar-refractivity contribution < 1.29 is 17.2 Å². The van der Waals surface area contributed by atoms with Crippen molar-refractivity contribution in [2.75, 3.05) is 4.72 Å². The number of halogens is 4. The Hall–Kier alpha value is -0.990. The first-order valence-electron chi connectivity index (χ1n) is 5.23. The summed E-state index contributed by atoms with van der Waals surface area (Å²) in [5.41, 5.74) is -0.345. The van der Waals surface area contributed by atoms with Gasteiger partial charge in [0.15, 0.2) is 5.82 Å². The van der Waals surface area contributed by atoms with Crippen molar-refractivity contribution in [3.63, 3.8) is 0 Å². The fourth-order valence-electron chi connectivity index (χ4n) is 1.49. The highest BCUT2D eigenvalue weighted by Crippen LogP contribution is 2.30. The highest BCUT2D eigenvalue weighted by Gasteiger charge is 2.21. The van der Waals surface area contributed by atoms with Crippen LogP contribution in [0.25, 0.3) is 0 Å². The number of anilines is 1. The van der Waals surface area contributed by atoms with Gasteiger partial charge in [0.1, 0.15) is 10.7 Å². The van der Waals surface area contributed by atoms with E-state index in [0.29, 0.717) is 10.5 Å². The van der Waals surface area contributed by atoms with E-state index in [1.54, 1.807) is 12.1 Å². The van der Waals surface area contributed by atoms with E-state index in [2.05, 4.69) is 36.6 Å². The van der Waals surface area contributed by atoms with Gasteiger partial charge in [0, 0.05) is 15.0 Å². The summed E-state index contributed by atoms with van der Waals surface area (Å²) in [6.07, 6.45) is 0. The number of nitrogens with one attached hydrogen (secondary N) is 1. The molecule has 2 rings (SSSR count). The standard InChI is InChI=1S/C12H7Br2F2NO2S/c13-8-3-1-2-4-11(8)20(18,19)17-12-9(14)5-7(15)6-10(12)16/h1-6,17H. The second kappa shape index (κ2) is 5.79. The summed E-state index contributed by atoms with van der Waals surface area (Å²) in [4.78, 5) is -0.0457. The molecule has 3 nitrogen and oxygen atoms in total. The second-order valence-corrected chi connectivity index (χ2v) is 7.14. The monoisotopic (exact) mass is 425 g/mol. The van der Waals surface area contributed by atoms with Gasteiger partial charge in [0.05, 0.1) is 5.69 Å². The molecule has 2 aromatic carbocycles. The maximum atomic E-state index is 13.6. The molecule has 0 aliphatic carbocycles. The summed E-state index contributed by atoms with van der Waals surface area (Å²) in [5.74, 6) is -1.81. The average molecular weight is 427 g/mol. The van der Waals surface area contributed by atoms with E-state index in [1.165, 1.54) is 12.1 Å². The van der Waals surface area contributed by atoms with E-state index >= 15 is 0 Å². The quantitative estimate of drug-likeness (QED) is 0.795. The molecule has 1 N–H and O–H groups in total. The lowest BCUT2D eigenvalue weighted by atomic mass is 10.3. The topological polar surface area (TPSA) is 46.2 Å². The molecule has 0 aliphatic rings. The molecular formula is C12H7Br2F2NO2S. The van der Waals surface area contributed by atoms with Gasteiger partial charge >= 0.3 is 0 Å². The smallest absolute Gasteiger partial charge is 0.263 e. The van der Waals surface area contributed by atoms with E-state index in [1.807, 2.05) is 0 Å². The highest BCUT2D eigenvalue weighted by molar-refractivity contribution is 9.11. The van der Waals surface area contributed by atoms with E-state index < -0.39 is 21.7 Å². The maximum Gasteiger partial charge on any atom is 0.263 e. The molecule has 0 unspecified atom stereocenters. The van der Waals surface area contributed by atoms with Crippen molar-refractivity contribution in [2.45, 2.75) is 4.90 Å². The van der Waals surface area contributed by atoms with Gasteiger partial charge in [-0.05, 0) is 50.1 Å². The van der Waals surface area contributed by atoms with Crippen LogP contribution in [0.15, 0.2) is 50.2 Å². The van der Waals surface area contributed by atoms with Gasteiger partial charge in [0.2, 0.25) is 0 Å². The number of rotatable bonds is 3. The molecule has 0 saturated heterocycles. The fourth-order valence-corrected chi connectivity index (χ4v) is 4.22. The van der Waals surface area contributed by atoms with Crippen molar-refractivity contribution in [1.82, 2.24) is 0 Å². The van der Waals surface area contributed by atoms with Gasteiger partial charge < -0.3 is 0 Å². The van der Waals surface area contributed by atoms with Crippen LogP contribution in [-0.4, -0.2) is 8.42 Å². The van der Waals surface area contributed by atoms with Crippen molar-refractivity contribution in [1.29, 1.82) is 0 Å². The van der Waals surface area contributed by atoms with Gasteiger partial charge in [-0.3, -0.25) is 4.72 Å². The van der Waals surface area contributed by atoms with E-state index in [-0.39, 0.29) is 15.1 Å². The molecule has 0 saturated carbocycles. The number of sulfonamides is 1. The summed E-state index contributed by atoms with van der Waals surface area (Å²) in [6, 6.07) is 7.67. The third kappa shape index (κ3) is 3.18. The van der Waals surface area contributed by atoms with Crippen LogP contribution in [0.5, 0.6) is 0 Å². The Morgan fingerprint density at radius 2 is 1.65 bits per heavy atom. The molecule has 106 valence electrons. The second-order valence-electron chi connectivity index (χ2n) is 3.78. The molecule has 0 spiro atoms. The molecule has 0 aromatic heterocycles. The summed E-state index contributed by atoms with van der Waals surface area (Å²) >= 11 is 6.03. The van der Waals surface area contributed by atoms with Crippen LogP contribution < -0.4 is 4.72 Å². The van der Waals surface area contributed by atoms with E-state index in [9.17, 15) is 17.2 Å². The molecule has 2 aromatic rings. The lowest BCUT2D eigenvalue weighted by Gasteiger charge is -2.12. The fraction of sp³-hybridized carbons (Fsp3) is 0. The first-order valence-corrected chi connectivity index (χ1v) is 8.30. The molecule has 0 atom stereocenters. The predicted molar refractivity (Wildman–Crippen MR) is 79.0 cm³/mol. The third-order valence-electron chi connectivity index (χ3n) is 2.37. The average Bonchev–Trinajstić information content (AvgIpc) is 2.34. The van der Waals surface area contributed by atoms with Crippen LogP contribution in [0.1, 0.15) is 0 Å². The normalized spacial score (nSPS) is 11.4. The molecule has 20 heavy (non-hydrogen) atoms. The van der Waals surface area contributed by atoms with E-state index in [0.717, 1.165) is 6.07 Å². The van der Waals surface area contributed by atoms with Gasteiger partial charge in [0.25, 0.3) is 10.0 Å². The molecule has 0 fully saturated rings. The Morgan fingerprint density at radius 3 is 2.25 bits per heavy atom. The van der Waals surface area contributed by atoms with Crippen LogP contribution in [0.2, 0.25) is 0 Å². The van der Waals surface area contributed by atoms with Crippen LogP contribution in [0, 0.1) is 11.6 Å². The molecular weight excluding hydrogens is 420 g/mol. The third-order valence-corrected chi connectivity index (χ3v) is 5.36. The lowest BCUT2D eigenvalue weighted by molar-refractivity contribution is 0.581. The summed E-state index contributed by atoms with van der Waals surface area (Å²) in [6.45, 7) is 0. The first kappa shape index (κ1) is 15.4. The number of hydrogen-bond donors (Lipinski definition) is 1. The Balaban J connectivity index is 2.47. The highest BCUT2D eigenvalue weighted by atomic mass is 79.9. The predicted octanol–water partition coefficient (Wildman–Crippen LogP) is 4.29. The lowest BCUT2D eigenvalue weighted by Crippen LogP contribution is -2.15. The van der Waals surface area contributed by atoms with Crippen LogP contribution in [0.4, 0.5) is 14.5 Å². The Morgan fingerprint density at radius 1 is 1.00 bits per heavy atom. The van der Waals surface area contributed by atoms with Crippen LogP contribution in [-0.2, 0) is 10.0 Å². The van der Waals surface area contributed by atoms with Crippen LogP contribution in [0.3, 0.4) is 0 Å². The minimum atomic E-state index is -3.99. The summed E-state index contributed by atoms with van der Waals surface area (Å²) < 4.78 is 53.4. The zero-order chi connectivity index (χ0) is 14.9. The van der Waals surface area contributed by atoms with Gasteiger partial charge in [-0.25, -0.2) is 17.2 Å². The first-order chi connectivity index (χ1) is 9.31. The summed E-state index contributed by atoms with van der Waals surface area (Å²) in [5, 5.41) is 0. The zero-order valence-electron chi connectivity index (χ0n) is 9.70. The SMILES string of the molecule is O=S(=O)(Nc1c(F)cc(F)cc1Br)c1ccccc1Br. The largest absolute Gasteiger partial charge is 0.275 e. The molecule has 0 heterocycles. The Labute approximate surface area is 131 Å². The van der Waals surface area contributed by atoms with E-state index in [4.69, 9.17) is 0 Å². The molecule has 0 aliphatic heterocycles.